The monoisotopic (exact) mass is 336 g/mol. The molecular weight excluding hydrogens is 316 g/mol. The van der Waals surface area contributed by atoms with E-state index in [0.717, 1.165) is 28.1 Å². The molecule has 0 spiro atoms. The van der Waals surface area contributed by atoms with Gasteiger partial charge in [-0.15, -0.1) is 0 Å². The Bertz CT molecular complexity index is 810. The maximum absolute atomic E-state index is 12.1. The van der Waals surface area contributed by atoms with Crippen LogP contribution in [0.3, 0.4) is 0 Å². The predicted octanol–water partition coefficient (Wildman–Crippen LogP) is 3.60. The molecule has 0 saturated heterocycles. The minimum Gasteiger partial charge on any atom is -0.497 e. The van der Waals surface area contributed by atoms with E-state index in [1.165, 1.54) is 0 Å². The second-order valence-electron chi connectivity index (χ2n) is 5.68. The summed E-state index contributed by atoms with van der Waals surface area (Å²) in [4.78, 5) is 12.1. The topological polar surface area (TPSA) is 64.4 Å². The Kier molecular flexibility index (Phi) is 5.46. The van der Waals surface area contributed by atoms with E-state index in [1.54, 1.807) is 13.4 Å². The summed E-state index contributed by atoms with van der Waals surface area (Å²) in [5.74, 6) is 0.798. The quantitative estimate of drug-likeness (QED) is 0.716. The van der Waals surface area contributed by atoms with Crippen LogP contribution in [0, 0.1) is 0 Å². The summed E-state index contributed by atoms with van der Waals surface area (Å²) >= 11 is 0. The first-order chi connectivity index (χ1) is 12.3. The summed E-state index contributed by atoms with van der Waals surface area (Å²) < 4.78 is 10.2. The molecule has 0 aliphatic rings. The molecule has 1 aromatic heterocycles. The van der Waals surface area contributed by atoms with Crippen molar-refractivity contribution in [3.63, 3.8) is 0 Å². The number of carbonyl (C=O) groups excluding carboxylic acids is 1. The van der Waals surface area contributed by atoms with Crippen molar-refractivity contribution in [1.82, 2.24) is 10.5 Å². The van der Waals surface area contributed by atoms with Crippen LogP contribution in [0.25, 0.3) is 11.3 Å². The maximum Gasteiger partial charge on any atom is 0.220 e. The molecule has 0 aliphatic carbocycles. The minimum absolute atomic E-state index is 0.00368. The molecule has 0 saturated carbocycles. The smallest absolute Gasteiger partial charge is 0.220 e. The summed E-state index contributed by atoms with van der Waals surface area (Å²) in [6.45, 7) is 0.498. The summed E-state index contributed by atoms with van der Waals surface area (Å²) in [7, 11) is 1.63. The van der Waals surface area contributed by atoms with Gasteiger partial charge in [-0.2, -0.15) is 0 Å². The molecule has 5 heteroatoms. The third kappa shape index (κ3) is 4.47. The number of nitrogens with zero attached hydrogens (tertiary/aromatic N) is 1. The Balaban J connectivity index is 1.52. The Morgan fingerprint density at radius 3 is 2.60 bits per heavy atom. The largest absolute Gasteiger partial charge is 0.497 e. The van der Waals surface area contributed by atoms with Crippen molar-refractivity contribution in [3.05, 3.63) is 72.0 Å². The highest BCUT2D eigenvalue weighted by Gasteiger charge is 2.11. The van der Waals surface area contributed by atoms with Crippen molar-refractivity contribution >= 4 is 5.91 Å². The highest BCUT2D eigenvalue weighted by atomic mass is 16.5. The Morgan fingerprint density at radius 2 is 1.88 bits per heavy atom. The molecule has 0 bridgehead atoms. The van der Waals surface area contributed by atoms with Gasteiger partial charge in [0, 0.05) is 24.1 Å². The molecule has 128 valence electrons. The van der Waals surface area contributed by atoms with E-state index in [0.29, 0.717) is 19.4 Å². The molecule has 25 heavy (non-hydrogen) atoms. The van der Waals surface area contributed by atoms with Crippen LogP contribution in [0.4, 0.5) is 0 Å². The van der Waals surface area contributed by atoms with Gasteiger partial charge in [-0.1, -0.05) is 47.6 Å². The second kappa shape index (κ2) is 8.15. The molecule has 3 aromatic rings. The van der Waals surface area contributed by atoms with E-state index in [4.69, 9.17) is 9.26 Å². The molecule has 0 atom stereocenters. The lowest BCUT2D eigenvalue weighted by molar-refractivity contribution is -0.121. The van der Waals surface area contributed by atoms with Crippen LogP contribution >= 0.6 is 0 Å². The van der Waals surface area contributed by atoms with Gasteiger partial charge < -0.3 is 14.6 Å². The zero-order valence-electron chi connectivity index (χ0n) is 14.1. The molecule has 0 fully saturated rings. The normalized spacial score (nSPS) is 10.4. The number of ether oxygens (including phenoxy) is 1. The number of methoxy groups -OCH3 is 1. The number of aromatic nitrogens is 1. The van der Waals surface area contributed by atoms with Gasteiger partial charge in [0.1, 0.15) is 17.7 Å². The Hall–Kier alpha value is -3.08. The molecule has 0 unspecified atom stereocenters. The molecule has 5 nitrogen and oxygen atoms in total. The van der Waals surface area contributed by atoms with Crippen LogP contribution in [0.5, 0.6) is 5.75 Å². The Morgan fingerprint density at radius 1 is 1.12 bits per heavy atom. The molecule has 1 heterocycles. The minimum atomic E-state index is -0.00368. The number of hydrogen-bond donors (Lipinski definition) is 1. The molecule has 1 amide bonds. The first kappa shape index (κ1) is 16.8. The third-order valence-electron chi connectivity index (χ3n) is 3.96. The van der Waals surface area contributed by atoms with Gasteiger partial charge in [-0.25, -0.2) is 0 Å². The molecule has 3 rings (SSSR count). The van der Waals surface area contributed by atoms with Crippen LogP contribution in [0.2, 0.25) is 0 Å². The lowest BCUT2D eigenvalue weighted by Gasteiger charge is -2.06. The molecular formula is C20H20N2O3. The summed E-state index contributed by atoms with van der Waals surface area (Å²) in [5, 5.41) is 6.98. The molecule has 0 aliphatic heterocycles. The molecule has 2 aromatic carbocycles. The van der Waals surface area contributed by atoms with E-state index in [-0.39, 0.29) is 5.91 Å². The van der Waals surface area contributed by atoms with E-state index < -0.39 is 0 Å². The second-order valence-corrected chi connectivity index (χ2v) is 5.68. The number of aryl methyl sites for hydroxylation is 1. The summed E-state index contributed by atoms with van der Waals surface area (Å²) in [5.41, 5.74) is 3.75. The van der Waals surface area contributed by atoms with Gasteiger partial charge in [-0.3, -0.25) is 4.79 Å². The lowest BCUT2D eigenvalue weighted by Crippen LogP contribution is -2.22. The van der Waals surface area contributed by atoms with Gasteiger partial charge >= 0.3 is 0 Å². The lowest BCUT2D eigenvalue weighted by atomic mass is 10.0. The number of benzene rings is 2. The van der Waals surface area contributed by atoms with Crippen LogP contribution < -0.4 is 10.1 Å². The van der Waals surface area contributed by atoms with Crippen molar-refractivity contribution in [1.29, 1.82) is 0 Å². The highest BCUT2D eigenvalue weighted by Crippen LogP contribution is 2.22. The van der Waals surface area contributed by atoms with Crippen molar-refractivity contribution in [2.75, 3.05) is 7.11 Å². The van der Waals surface area contributed by atoms with Crippen LogP contribution in [-0.2, 0) is 17.8 Å². The van der Waals surface area contributed by atoms with Gasteiger partial charge in [0.25, 0.3) is 0 Å². The van der Waals surface area contributed by atoms with Gasteiger partial charge in [0.05, 0.1) is 7.11 Å². The zero-order valence-corrected chi connectivity index (χ0v) is 14.1. The summed E-state index contributed by atoms with van der Waals surface area (Å²) in [6, 6.07) is 17.4. The fourth-order valence-corrected chi connectivity index (χ4v) is 2.55. The van der Waals surface area contributed by atoms with Gasteiger partial charge in [0.15, 0.2) is 0 Å². The van der Waals surface area contributed by atoms with E-state index in [2.05, 4.69) is 10.5 Å². The van der Waals surface area contributed by atoms with E-state index in [9.17, 15) is 4.79 Å². The van der Waals surface area contributed by atoms with Gasteiger partial charge in [-0.05, 0) is 24.1 Å². The van der Waals surface area contributed by atoms with E-state index >= 15 is 0 Å². The van der Waals surface area contributed by atoms with E-state index in [1.807, 2.05) is 54.6 Å². The number of rotatable bonds is 7. The Labute approximate surface area is 146 Å². The van der Waals surface area contributed by atoms with Crippen LogP contribution in [-0.4, -0.2) is 18.2 Å². The average molecular weight is 336 g/mol. The van der Waals surface area contributed by atoms with Crippen LogP contribution in [0.15, 0.2) is 65.4 Å². The fourth-order valence-electron chi connectivity index (χ4n) is 2.55. The first-order valence-electron chi connectivity index (χ1n) is 8.14. The van der Waals surface area contributed by atoms with Crippen molar-refractivity contribution in [3.8, 4) is 17.0 Å². The number of hydrogen-bond acceptors (Lipinski definition) is 4. The maximum atomic E-state index is 12.1. The number of nitrogens with one attached hydrogen (secondary N) is 1. The van der Waals surface area contributed by atoms with Crippen LogP contribution in [0.1, 0.15) is 17.5 Å². The first-order valence-corrected chi connectivity index (χ1v) is 8.14. The predicted molar refractivity (Wildman–Crippen MR) is 95.1 cm³/mol. The van der Waals surface area contributed by atoms with Gasteiger partial charge in [0.2, 0.25) is 5.91 Å². The van der Waals surface area contributed by atoms with Crippen molar-refractivity contribution in [2.24, 2.45) is 0 Å². The molecule has 0 radical (unpaired) electrons. The number of amides is 1. The molecule has 1 N–H and O–H groups in total. The SMILES string of the molecule is COc1ccc(CNC(=O)CCc2conc2-c2ccccc2)cc1. The zero-order chi connectivity index (χ0) is 17.5. The van der Waals surface area contributed by atoms with Crippen molar-refractivity contribution < 1.29 is 14.1 Å². The average Bonchev–Trinajstić information content (AvgIpc) is 3.14. The van der Waals surface area contributed by atoms with Crippen molar-refractivity contribution in [2.45, 2.75) is 19.4 Å². The standard InChI is InChI=1S/C20H20N2O3/c1-24-18-10-7-15(8-11-18)13-21-19(23)12-9-17-14-25-22-20(17)16-5-3-2-4-6-16/h2-8,10-11,14H,9,12-13H2,1H3,(H,21,23). The fraction of sp³-hybridized carbons (Fsp3) is 0.200. The summed E-state index contributed by atoms with van der Waals surface area (Å²) in [6.07, 6.45) is 2.58. The number of carbonyl (C=O) groups is 1. The highest BCUT2D eigenvalue weighted by molar-refractivity contribution is 5.76. The third-order valence-corrected chi connectivity index (χ3v) is 3.96.